The third-order valence-corrected chi connectivity index (χ3v) is 10.2. The number of hydrogen-bond donors (Lipinski definition) is 1. The van der Waals surface area contributed by atoms with Crippen LogP contribution in [0.1, 0.15) is 37.0 Å². The van der Waals surface area contributed by atoms with E-state index in [1.54, 1.807) is 12.1 Å². The van der Waals surface area contributed by atoms with E-state index in [9.17, 15) is 28.0 Å². The molecule has 0 aliphatic carbocycles. The van der Waals surface area contributed by atoms with Crippen LogP contribution in [0.4, 0.5) is 5.69 Å². The number of nitrogens with zero attached hydrogens (tertiary/aromatic N) is 5. The predicted octanol–water partition coefficient (Wildman–Crippen LogP) is 0.459. The number of fused-ring (bicyclic) bond motifs is 1. The number of carbonyl (C=O) groups excluding carboxylic acids is 3. The molecule has 2 amide bonds. The maximum absolute atomic E-state index is 13.8. The second kappa shape index (κ2) is 12.0. The number of likely N-dealkylation sites (tertiary alicyclic amines) is 1. The first-order valence-electron chi connectivity index (χ1n) is 14.3. The first kappa shape index (κ1) is 29.9. The molecule has 42 heavy (non-hydrogen) atoms. The van der Waals surface area contributed by atoms with E-state index in [1.807, 2.05) is 26.0 Å². The Balaban J connectivity index is 1.29. The molecule has 2 aromatic rings. The Morgan fingerprint density at radius 1 is 1.02 bits per heavy atom. The van der Waals surface area contributed by atoms with E-state index < -0.39 is 34.1 Å². The van der Waals surface area contributed by atoms with E-state index in [-0.39, 0.29) is 35.6 Å². The standard InChI is InChI=1S/C29H38N6O6S/c1-20(2)18-24(30-28(37)21-4-6-22(7-5-21)32-16-14-31(3)15-17-32)29(38)34-13-10-25-27(34)26(36)19-35(25)42(40,41)23-8-11-33(39)12-9-23/h4-9,11-12,20,24-25,27H,10,13-19H2,1-3H3,(H,30,37). The van der Waals surface area contributed by atoms with Gasteiger partial charge in [-0.15, -0.1) is 0 Å². The average molecular weight is 599 g/mol. The molecule has 226 valence electrons. The minimum atomic E-state index is -4.05. The molecule has 0 saturated carbocycles. The van der Waals surface area contributed by atoms with Crippen molar-refractivity contribution in [1.29, 1.82) is 0 Å². The van der Waals surface area contributed by atoms with E-state index in [2.05, 4.69) is 22.2 Å². The fraction of sp³-hybridized carbons (Fsp3) is 0.517. The molecule has 1 aromatic heterocycles. The lowest BCUT2D eigenvalue weighted by molar-refractivity contribution is -0.605. The highest BCUT2D eigenvalue weighted by Gasteiger charge is 2.54. The summed E-state index contributed by atoms with van der Waals surface area (Å²) < 4.78 is 28.3. The van der Waals surface area contributed by atoms with Crippen molar-refractivity contribution in [3.05, 3.63) is 59.6 Å². The first-order chi connectivity index (χ1) is 20.0. The Morgan fingerprint density at radius 3 is 2.29 bits per heavy atom. The molecule has 1 N–H and O–H groups in total. The Labute approximate surface area is 246 Å². The van der Waals surface area contributed by atoms with Crippen LogP contribution in [0.5, 0.6) is 0 Å². The fourth-order valence-electron chi connectivity index (χ4n) is 6.07. The molecule has 12 nitrogen and oxygen atoms in total. The van der Waals surface area contributed by atoms with Gasteiger partial charge in [0.1, 0.15) is 12.1 Å². The average Bonchev–Trinajstić information content (AvgIpc) is 3.54. The molecule has 3 atom stereocenters. The maximum atomic E-state index is 13.8. The van der Waals surface area contributed by atoms with Crippen LogP contribution in [0.25, 0.3) is 0 Å². The molecule has 3 unspecified atom stereocenters. The number of anilines is 1. The van der Waals surface area contributed by atoms with Crippen LogP contribution in [0, 0.1) is 11.1 Å². The Bertz CT molecular complexity index is 1420. The summed E-state index contributed by atoms with van der Waals surface area (Å²) in [6, 6.07) is 7.25. The van der Waals surface area contributed by atoms with Gasteiger partial charge in [0.25, 0.3) is 5.91 Å². The lowest BCUT2D eigenvalue weighted by Crippen LogP contribution is -2.53. The fourth-order valence-corrected chi connectivity index (χ4v) is 7.68. The van der Waals surface area contributed by atoms with E-state index in [0.29, 0.717) is 23.1 Å². The number of carbonyl (C=O) groups is 3. The van der Waals surface area contributed by atoms with E-state index in [0.717, 1.165) is 48.6 Å². The zero-order chi connectivity index (χ0) is 30.2. The van der Waals surface area contributed by atoms with Crippen molar-refractivity contribution in [2.24, 2.45) is 5.92 Å². The number of aromatic nitrogens is 1. The van der Waals surface area contributed by atoms with Gasteiger partial charge in [0.05, 0.1) is 17.5 Å². The Morgan fingerprint density at radius 2 is 1.67 bits per heavy atom. The molecule has 3 fully saturated rings. The van der Waals surface area contributed by atoms with Crippen LogP contribution in [0.15, 0.2) is 53.7 Å². The highest BCUT2D eigenvalue weighted by molar-refractivity contribution is 7.89. The largest absolute Gasteiger partial charge is 0.619 e. The third kappa shape index (κ3) is 5.99. The van der Waals surface area contributed by atoms with Crippen LogP contribution >= 0.6 is 0 Å². The van der Waals surface area contributed by atoms with Crippen molar-refractivity contribution in [3.63, 3.8) is 0 Å². The van der Waals surface area contributed by atoms with E-state index in [1.165, 1.54) is 17.0 Å². The van der Waals surface area contributed by atoms with Crippen molar-refractivity contribution >= 4 is 33.3 Å². The van der Waals surface area contributed by atoms with Gasteiger partial charge in [-0.3, -0.25) is 14.4 Å². The van der Waals surface area contributed by atoms with Gasteiger partial charge >= 0.3 is 0 Å². The van der Waals surface area contributed by atoms with Gasteiger partial charge in [0.2, 0.25) is 15.9 Å². The number of benzene rings is 1. The zero-order valence-electron chi connectivity index (χ0n) is 24.2. The number of pyridine rings is 1. The Kier molecular flexibility index (Phi) is 8.53. The quantitative estimate of drug-likeness (QED) is 0.342. The molecule has 0 radical (unpaired) electrons. The molecule has 4 heterocycles. The summed E-state index contributed by atoms with van der Waals surface area (Å²) in [7, 11) is -1.96. The molecule has 0 bridgehead atoms. The van der Waals surface area contributed by atoms with Crippen molar-refractivity contribution in [2.45, 2.75) is 49.7 Å². The number of amides is 2. The molecular weight excluding hydrogens is 560 g/mol. The number of hydrogen-bond acceptors (Lipinski definition) is 8. The smallest absolute Gasteiger partial charge is 0.251 e. The second-order valence-electron chi connectivity index (χ2n) is 11.7. The van der Waals surface area contributed by atoms with Crippen molar-refractivity contribution in [3.8, 4) is 0 Å². The van der Waals surface area contributed by atoms with E-state index >= 15 is 0 Å². The highest BCUT2D eigenvalue weighted by atomic mass is 32.2. The van der Waals surface area contributed by atoms with Gasteiger partial charge < -0.3 is 25.2 Å². The second-order valence-corrected chi connectivity index (χ2v) is 13.6. The number of likely N-dealkylation sites (N-methyl/N-ethyl adjacent to an activating group) is 1. The summed E-state index contributed by atoms with van der Waals surface area (Å²) in [6.07, 6.45) is 2.84. The molecule has 13 heteroatoms. The zero-order valence-corrected chi connectivity index (χ0v) is 25.0. The lowest BCUT2D eigenvalue weighted by atomic mass is 10.0. The van der Waals surface area contributed by atoms with Crippen molar-refractivity contribution in [2.75, 3.05) is 51.2 Å². The predicted molar refractivity (Wildman–Crippen MR) is 155 cm³/mol. The van der Waals surface area contributed by atoms with Gasteiger partial charge in [0.15, 0.2) is 18.2 Å². The minimum absolute atomic E-state index is 0.0790. The first-order valence-corrected chi connectivity index (χ1v) is 15.8. The number of Topliss-reactive ketones (excluding diaryl/α,β-unsaturated/α-hetero) is 1. The van der Waals surface area contributed by atoms with Crippen LogP contribution in [-0.2, 0) is 19.6 Å². The molecule has 5 rings (SSSR count). The molecule has 3 aliphatic rings. The van der Waals surface area contributed by atoms with Crippen LogP contribution < -0.4 is 14.9 Å². The van der Waals surface area contributed by atoms with Gasteiger partial charge in [-0.2, -0.15) is 9.04 Å². The van der Waals surface area contributed by atoms with Crippen LogP contribution in [-0.4, -0.2) is 105 Å². The number of piperazine rings is 1. The SMILES string of the molecule is CC(C)CC(NC(=O)c1ccc(N2CCN(C)CC2)cc1)C(=O)N1CCC2C1C(=O)CN2S(=O)(=O)c1cc[n+]([O-])cc1. The molecule has 3 aliphatic heterocycles. The van der Waals surface area contributed by atoms with Crippen LogP contribution in [0.3, 0.4) is 0 Å². The van der Waals surface area contributed by atoms with Gasteiger partial charge in [-0.05, 0) is 50.1 Å². The number of rotatable bonds is 8. The number of sulfonamides is 1. The summed E-state index contributed by atoms with van der Waals surface area (Å²) in [5.41, 5.74) is 1.48. The monoisotopic (exact) mass is 598 g/mol. The normalized spacial score (nSPS) is 22.4. The summed E-state index contributed by atoms with van der Waals surface area (Å²) in [4.78, 5) is 46.1. The van der Waals surface area contributed by atoms with Gasteiger partial charge in [-0.1, -0.05) is 13.8 Å². The van der Waals surface area contributed by atoms with E-state index in [4.69, 9.17) is 0 Å². The summed E-state index contributed by atoms with van der Waals surface area (Å²) in [5, 5.41) is 14.3. The Hall–Kier alpha value is -3.55. The van der Waals surface area contributed by atoms with Gasteiger partial charge in [-0.25, -0.2) is 8.42 Å². The van der Waals surface area contributed by atoms with Gasteiger partial charge in [0, 0.05) is 56.1 Å². The topological polar surface area (TPSA) is 137 Å². The van der Waals surface area contributed by atoms with Crippen molar-refractivity contribution in [1.82, 2.24) is 19.4 Å². The third-order valence-electron chi connectivity index (χ3n) is 8.35. The molecule has 3 saturated heterocycles. The summed E-state index contributed by atoms with van der Waals surface area (Å²) >= 11 is 0. The lowest BCUT2D eigenvalue weighted by Gasteiger charge is -2.34. The summed E-state index contributed by atoms with van der Waals surface area (Å²) in [5.74, 6) is -1.05. The number of nitrogens with one attached hydrogen (secondary N) is 1. The summed E-state index contributed by atoms with van der Waals surface area (Å²) in [6.45, 7) is 7.51. The van der Waals surface area contributed by atoms with Crippen molar-refractivity contribution < 1.29 is 27.5 Å². The van der Waals surface area contributed by atoms with Crippen LogP contribution in [0.2, 0.25) is 0 Å². The highest BCUT2D eigenvalue weighted by Crippen LogP contribution is 2.34. The number of ketones is 1. The molecule has 1 aromatic carbocycles. The molecular formula is C29H38N6O6S. The molecule has 0 spiro atoms. The minimum Gasteiger partial charge on any atom is -0.619 e. The maximum Gasteiger partial charge on any atom is 0.251 e.